The van der Waals surface area contributed by atoms with E-state index >= 15 is 0 Å². The van der Waals surface area contributed by atoms with Gasteiger partial charge in [0, 0.05) is 3.92 Å². The molecule has 0 aliphatic carbocycles. The minimum absolute atomic E-state index is 0.554. The van der Waals surface area contributed by atoms with E-state index in [2.05, 4.69) is 54.6 Å². The van der Waals surface area contributed by atoms with Gasteiger partial charge in [-0.3, -0.25) is 0 Å². The van der Waals surface area contributed by atoms with Crippen LogP contribution in [0.1, 0.15) is 47.7 Å². The molecule has 1 aliphatic heterocycles. The first-order valence-electron chi connectivity index (χ1n) is 5.63. The molecule has 82 valence electrons. The van der Waals surface area contributed by atoms with Crippen LogP contribution in [0.25, 0.3) is 0 Å². The Hall–Kier alpha value is -0.250. The molecule has 1 aromatic carbocycles. The molecule has 15 heavy (non-hydrogen) atoms. The highest BCUT2D eigenvalue weighted by atomic mass is 127. The summed E-state index contributed by atoms with van der Waals surface area (Å²) in [4.78, 5) is 0. The normalized spacial score (nSPS) is 21.7. The Morgan fingerprint density at radius 1 is 1.53 bits per heavy atom. The van der Waals surface area contributed by atoms with Crippen LogP contribution < -0.4 is 4.74 Å². The number of alkyl halides is 1. The van der Waals surface area contributed by atoms with E-state index in [1.165, 1.54) is 24.0 Å². The molecule has 1 heterocycles. The summed E-state index contributed by atoms with van der Waals surface area (Å²) < 4.78 is 6.30. The fraction of sp³-hybridized carbons (Fsp3) is 0.538. The summed E-state index contributed by atoms with van der Waals surface area (Å²) in [5.41, 5.74) is 2.77. The lowest BCUT2D eigenvalue weighted by Crippen LogP contribution is -2.13. The van der Waals surface area contributed by atoms with Crippen LogP contribution in [-0.2, 0) is 0 Å². The Morgan fingerprint density at radius 2 is 2.33 bits per heavy atom. The van der Waals surface area contributed by atoms with Gasteiger partial charge in [-0.1, -0.05) is 41.6 Å². The van der Waals surface area contributed by atoms with Crippen LogP contribution in [0.5, 0.6) is 5.75 Å². The second-order valence-corrected chi connectivity index (χ2v) is 6.02. The Kier molecular flexibility index (Phi) is 3.54. The van der Waals surface area contributed by atoms with Gasteiger partial charge in [-0.15, -0.1) is 0 Å². The zero-order chi connectivity index (χ0) is 10.8. The summed E-state index contributed by atoms with van der Waals surface area (Å²) >= 11 is 2.44. The van der Waals surface area contributed by atoms with E-state index in [-0.39, 0.29) is 0 Å². The molecule has 0 fully saturated rings. The van der Waals surface area contributed by atoms with Gasteiger partial charge in [-0.05, 0) is 42.9 Å². The Bertz CT molecular complexity index is 346. The van der Waals surface area contributed by atoms with Crippen molar-refractivity contribution in [3.63, 3.8) is 0 Å². The third kappa shape index (κ3) is 2.30. The van der Waals surface area contributed by atoms with Gasteiger partial charge in [0.15, 0.2) is 0 Å². The first kappa shape index (κ1) is 11.2. The lowest BCUT2D eigenvalue weighted by atomic mass is 9.90. The smallest absolute Gasteiger partial charge is 0.123 e. The molecule has 0 saturated carbocycles. The number of ether oxygens (including phenoxy) is 1. The average molecular weight is 316 g/mol. The van der Waals surface area contributed by atoms with Gasteiger partial charge in [-0.2, -0.15) is 0 Å². The Balaban J connectivity index is 2.36. The Morgan fingerprint density at radius 3 is 3.00 bits per heavy atom. The average Bonchev–Trinajstić information content (AvgIpc) is 2.27. The number of fused-ring (bicyclic) bond motifs is 1. The third-order valence-corrected chi connectivity index (χ3v) is 3.87. The topological polar surface area (TPSA) is 9.23 Å². The van der Waals surface area contributed by atoms with E-state index in [1.54, 1.807) is 0 Å². The van der Waals surface area contributed by atoms with Crippen molar-refractivity contribution in [1.29, 1.82) is 0 Å². The molecule has 0 N–H and O–H groups in total. The molecule has 1 aliphatic rings. The second-order valence-electron chi connectivity index (χ2n) is 4.16. The van der Waals surface area contributed by atoms with E-state index in [0.717, 1.165) is 12.4 Å². The largest absolute Gasteiger partial charge is 0.493 e. The predicted molar refractivity (Wildman–Crippen MR) is 72.0 cm³/mol. The van der Waals surface area contributed by atoms with E-state index in [4.69, 9.17) is 4.74 Å². The molecule has 0 saturated heterocycles. The first-order valence-corrected chi connectivity index (χ1v) is 6.87. The van der Waals surface area contributed by atoms with E-state index in [1.807, 2.05) is 0 Å². The molecule has 0 spiro atoms. The van der Waals surface area contributed by atoms with Crippen molar-refractivity contribution in [2.75, 3.05) is 6.61 Å². The predicted octanol–water partition coefficient (Wildman–Crippen LogP) is 4.46. The van der Waals surface area contributed by atoms with Gasteiger partial charge in [0.1, 0.15) is 5.75 Å². The second kappa shape index (κ2) is 4.73. The molecule has 0 bridgehead atoms. The molecule has 0 aromatic heterocycles. The van der Waals surface area contributed by atoms with Crippen molar-refractivity contribution in [1.82, 2.24) is 0 Å². The van der Waals surface area contributed by atoms with Gasteiger partial charge in [-0.25, -0.2) is 0 Å². The summed E-state index contributed by atoms with van der Waals surface area (Å²) in [6.45, 7) is 5.35. The molecular formula is C13H17IO. The number of hydrogen-bond donors (Lipinski definition) is 0. The van der Waals surface area contributed by atoms with Gasteiger partial charge in [0.2, 0.25) is 0 Å². The summed E-state index contributed by atoms with van der Waals surface area (Å²) in [6.07, 6.45) is 2.39. The van der Waals surface area contributed by atoms with Gasteiger partial charge < -0.3 is 4.74 Å². The maximum absolute atomic E-state index is 5.74. The van der Waals surface area contributed by atoms with Crippen molar-refractivity contribution in [3.05, 3.63) is 29.3 Å². The SMILES string of the molecule is CCC1CCOc2cc(C(C)I)ccc21. The fourth-order valence-corrected chi connectivity index (χ4v) is 2.54. The molecule has 1 aromatic rings. The number of benzene rings is 1. The number of halogens is 1. The van der Waals surface area contributed by atoms with Crippen molar-refractivity contribution >= 4 is 22.6 Å². The standard InChI is InChI=1S/C13H17IO/c1-3-10-6-7-15-13-8-11(9(2)14)4-5-12(10)13/h4-5,8-10H,3,6-7H2,1-2H3. The zero-order valence-electron chi connectivity index (χ0n) is 9.29. The highest BCUT2D eigenvalue weighted by Gasteiger charge is 2.20. The van der Waals surface area contributed by atoms with Gasteiger partial charge in [0.05, 0.1) is 6.61 Å². The molecule has 0 amide bonds. The molecular weight excluding hydrogens is 299 g/mol. The van der Waals surface area contributed by atoms with Crippen LogP contribution in [0.4, 0.5) is 0 Å². The highest BCUT2D eigenvalue weighted by molar-refractivity contribution is 14.1. The Labute approximate surface area is 105 Å². The summed E-state index contributed by atoms with van der Waals surface area (Å²) in [5.74, 6) is 1.82. The van der Waals surface area contributed by atoms with Crippen molar-refractivity contribution in [2.24, 2.45) is 0 Å². The highest BCUT2D eigenvalue weighted by Crippen LogP contribution is 2.38. The molecule has 2 unspecified atom stereocenters. The lowest BCUT2D eigenvalue weighted by molar-refractivity contribution is 0.265. The molecule has 2 atom stereocenters. The summed E-state index contributed by atoms with van der Waals surface area (Å²) in [6, 6.07) is 6.72. The number of rotatable bonds is 2. The van der Waals surface area contributed by atoms with Crippen LogP contribution >= 0.6 is 22.6 Å². The fourth-order valence-electron chi connectivity index (χ4n) is 2.15. The molecule has 1 nitrogen and oxygen atoms in total. The van der Waals surface area contributed by atoms with Crippen LogP contribution in [-0.4, -0.2) is 6.61 Å². The van der Waals surface area contributed by atoms with Crippen LogP contribution in [0.15, 0.2) is 18.2 Å². The molecule has 2 rings (SSSR count). The van der Waals surface area contributed by atoms with Gasteiger partial charge in [0.25, 0.3) is 0 Å². The maximum Gasteiger partial charge on any atom is 0.123 e. The van der Waals surface area contributed by atoms with Gasteiger partial charge >= 0.3 is 0 Å². The minimum atomic E-state index is 0.554. The van der Waals surface area contributed by atoms with Crippen molar-refractivity contribution in [2.45, 2.75) is 36.5 Å². The van der Waals surface area contributed by atoms with E-state index in [0.29, 0.717) is 9.84 Å². The minimum Gasteiger partial charge on any atom is -0.493 e. The summed E-state index contributed by atoms with van der Waals surface area (Å²) in [5, 5.41) is 0. The summed E-state index contributed by atoms with van der Waals surface area (Å²) in [7, 11) is 0. The van der Waals surface area contributed by atoms with E-state index in [9.17, 15) is 0 Å². The third-order valence-electron chi connectivity index (χ3n) is 3.15. The van der Waals surface area contributed by atoms with Crippen molar-refractivity contribution < 1.29 is 4.74 Å². The molecule has 2 heteroatoms. The van der Waals surface area contributed by atoms with E-state index < -0.39 is 0 Å². The molecule has 0 radical (unpaired) electrons. The van der Waals surface area contributed by atoms with Crippen LogP contribution in [0.3, 0.4) is 0 Å². The monoisotopic (exact) mass is 316 g/mol. The van der Waals surface area contributed by atoms with Crippen LogP contribution in [0, 0.1) is 0 Å². The zero-order valence-corrected chi connectivity index (χ0v) is 11.5. The van der Waals surface area contributed by atoms with Crippen LogP contribution in [0.2, 0.25) is 0 Å². The van der Waals surface area contributed by atoms with Crippen molar-refractivity contribution in [3.8, 4) is 5.75 Å². The first-order chi connectivity index (χ1) is 7.22. The maximum atomic E-state index is 5.74. The quantitative estimate of drug-likeness (QED) is 0.578. The number of hydrogen-bond acceptors (Lipinski definition) is 1. The lowest BCUT2D eigenvalue weighted by Gasteiger charge is -2.25.